The molecule has 0 aliphatic heterocycles. The Bertz CT molecular complexity index is 417. The van der Waals surface area contributed by atoms with Gasteiger partial charge in [-0.05, 0) is 38.0 Å². The molecule has 0 saturated heterocycles. The quantitative estimate of drug-likeness (QED) is 0.852. The zero-order valence-corrected chi connectivity index (χ0v) is 12.0. The highest BCUT2D eigenvalue weighted by molar-refractivity contribution is 5.53. The largest absolute Gasteiger partial charge is 0.379 e. The maximum Gasteiger partial charge on any atom is 0.0827 e. The van der Waals surface area contributed by atoms with Crippen molar-refractivity contribution in [2.24, 2.45) is 18.4 Å². The van der Waals surface area contributed by atoms with E-state index in [0.717, 1.165) is 11.6 Å². The zero-order valence-electron chi connectivity index (χ0n) is 12.0. The number of aromatic nitrogens is 2. The van der Waals surface area contributed by atoms with Gasteiger partial charge in [-0.15, -0.1) is 0 Å². The van der Waals surface area contributed by atoms with Crippen LogP contribution in [-0.4, -0.2) is 15.8 Å². The van der Waals surface area contributed by atoms with E-state index in [9.17, 15) is 0 Å². The van der Waals surface area contributed by atoms with Crippen LogP contribution in [0.1, 0.15) is 45.0 Å². The molecule has 0 radical (unpaired) electrons. The van der Waals surface area contributed by atoms with Gasteiger partial charge in [0.25, 0.3) is 0 Å². The minimum Gasteiger partial charge on any atom is -0.379 e. The molecule has 1 fully saturated rings. The highest BCUT2D eigenvalue weighted by Gasteiger charge is 2.37. The molecule has 3 nitrogen and oxygen atoms in total. The third kappa shape index (κ3) is 2.33. The van der Waals surface area contributed by atoms with Gasteiger partial charge >= 0.3 is 0 Å². The van der Waals surface area contributed by atoms with E-state index in [-0.39, 0.29) is 0 Å². The van der Waals surface area contributed by atoms with Gasteiger partial charge in [0.15, 0.2) is 0 Å². The van der Waals surface area contributed by atoms with Crippen LogP contribution in [0, 0.1) is 25.2 Å². The van der Waals surface area contributed by atoms with E-state index in [1.54, 1.807) is 0 Å². The van der Waals surface area contributed by atoms with E-state index < -0.39 is 0 Å². The summed E-state index contributed by atoms with van der Waals surface area (Å²) in [6, 6.07) is 0.589. The Morgan fingerprint density at radius 3 is 2.35 bits per heavy atom. The molecule has 0 amide bonds. The second-order valence-corrected chi connectivity index (χ2v) is 6.47. The van der Waals surface area contributed by atoms with Crippen molar-refractivity contribution in [1.29, 1.82) is 0 Å². The molecule has 2 unspecified atom stereocenters. The summed E-state index contributed by atoms with van der Waals surface area (Å²) < 4.78 is 1.96. The van der Waals surface area contributed by atoms with Crippen molar-refractivity contribution in [2.75, 3.05) is 5.32 Å². The number of anilines is 1. The highest BCUT2D eigenvalue weighted by atomic mass is 15.3. The normalized spacial score (nSPS) is 27.4. The highest BCUT2D eigenvalue weighted by Crippen LogP contribution is 2.42. The van der Waals surface area contributed by atoms with Crippen molar-refractivity contribution in [3.05, 3.63) is 11.4 Å². The first kappa shape index (κ1) is 12.5. The van der Waals surface area contributed by atoms with Gasteiger partial charge in [0, 0.05) is 13.1 Å². The molecule has 2 rings (SSSR count). The van der Waals surface area contributed by atoms with E-state index in [1.807, 2.05) is 11.7 Å². The first-order valence-corrected chi connectivity index (χ1v) is 6.57. The minimum absolute atomic E-state index is 0.473. The predicted octanol–water partition coefficient (Wildman–Crippen LogP) is 3.27. The summed E-state index contributed by atoms with van der Waals surface area (Å²) in [5.74, 6) is 0.740. The van der Waals surface area contributed by atoms with E-state index in [4.69, 9.17) is 0 Å². The zero-order chi connectivity index (χ0) is 12.8. The van der Waals surface area contributed by atoms with Gasteiger partial charge in [-0.2, -0.15) is 5.10 Å². The Balaban J connectivity index is 2.17. The molecule has 2 atom stereocenters. The van der Waals surface area contributed by atoms with Gasteiger partial charge in [-0.25, -0.2) is 0 Å². The first-order chi connectivity index (χ1) is 7.80. The van der Waals surface area contributed by atoms with Crippen LogP contribution in [0.3, 0.4) is 0 Å². The van der Waals surface area contributed by atoms with Gasteiger partial charge in [0.2, 0.25) is 0 Å². The molecule has 1 aromatic heterocycles. The Morgan fingerprint density at radius 2 is 1.94 bits per heavy atom. The third-order valence-corrected chi connectivity index (χ3v) is 4.17. The van der Waals surface area contributed by atoms with Crippen LogP contribution in [0.15, 0.2) is 0 Å². The van der Waals surface area contributed by atoms with E-state index in [2.05, 4.69) is 45.0 Å². The molecule has 0 spiro atoms. The lowest BCUT2D eigenvalue weighted by molar-refractivity contribution is 0.366. The maximum atomic E-state index is 4.47. The Morgan fingerprint density at radius 1 is 1.29 bits per heavy atom. The van der Waals surface area contributed by atoms with Crippen molar-refractivity contribution < 1.29 is 0 Å². The lowest BCUT2D eigenvalue weighted by atomic mass is 9.91. The van der Waals surface area contributed by atoms with Crippen molar-refractivity contribution >= 4 is 5.69 Å². The maximum absolute atomic E-state index is 4.47. The van der Waals surface area contributed by atoms with Gasteiger partial charge in [-0.1, -0.05) is 20.8 Å². The van der Waals surface area contributed by atoms with E-state index >= 15 is 0 Å². The molecule has 1 aromatic rings. The molecule has 17 heavy (non-hydrogen) atoms. The summed E-state index contributed by atoms with van der Waals surface area (Å²) in [5, 5.41) is 8.19. The third-order valence-electron chi connectivity index (χ3n) is 4.17. The summed E-state index contributed by atoms with van der Waals surface area (Å²) in [5.41, 5.74) is 4.06. The van der Waals surface area contributed by atoms with Crippen molar-refractivity contribution in [2.45, 2.75) is 53.5 Å². The van der Waals surface area contributed by atoms with Crippen LogP contribution >= 0.6 is 0 Å². The number of hydrogen-bond acceptors (Lipinski definition) is 2. The van der Waals surface area contributed by atoms with E-state index in [1.165, 1.54) is 24.2 Å². The number of aryl methyl sites for hydroxylation is 2. The SMILES string of the molecule is Cc1nn(C)c(C)c1NC1CC(C)(C)CC1C. The lowest BCUT2D eigenvalue weighted by Gasteiger charge is -2.20. The number of nitrogens with one attached hydrogen (secondary N) is 1. The molecule has 1 aliphatic carbocycles. The number of rotatable bonds is 2. The molecule has 0 aromatic carbocycles. The molecule has 1 aliphatic rings. The fourth-order valence-electron chi connectivity index (χ4n) is 3.25. The van der Waals surface area contributed by atoms with Crippen LogP contribution in [-0.2, 0) is 7.05 Å². The first-order valence-electron chi connectivity index (χ1n) is 6.57. The molecular weight excluding hydrogens is 210 g/mol. The Kier molecular flexibility index (Phi) is 2.96. The van der Waals surface area contributed by atoms with Crippen LogP contribution in [0.25, 0.3) is 0 Å². The van der Waals surface area contributed by atoms with Gasteiger partial charge < -0.3 is 5.32 Å². The van der Waals surface area contributed by atoms with Gasteiger partial charge in [0.1, 0.15) is 0 Å². The molecule has 0 bridgehead atoms. The van der Waals surface area contributed by atoms with Crippen LogP contribution in [0.2, 0.25) is 0 Å². The Hall–Kier alpha value is -0.990. The second-order valence-electron chi connectivity index (χ2n) is 6.47. The standard InChI is InChI=1S/C14H25N3/c1-9-7-14(4,5)8-12(9)15-13-10(2)16-17(6)11(13)3/h9,12,15H,7-8H2,1-6H3. The predicted molar refractivity (Wildman–Crippen MR) is 72.3 cm³/mol. The van der Waals surface area contributed by atoms with E-state index in [0.29, 0.717) is 11.5 Å². The molecule has 1 saturated carbocycles. The van der Waals surface area contributed by atoms with Crippen molar-refractivity contribution in [1.82, 2.24) is 9.78 Å². The van der Waals surface area contributed by atoms with Crippen LogP contribution in [0.4, 0.5) is 5.69 Å². The molecular formula is C14H25N3. The van der Waals surface area contributed by atoms with Gasteiger partial charge in [0.05, 0.1) is 17.1 Å². The lowest BCUT2D eigenvalue weighted by Crippen LogP contribution is -2.23. The molecule has 96 valence electrons. The van der Waals surface area contributed by atoms with Crippen LogP contribution in [0.5, 0.6) is 0 Å². The number of hydrogen-bond donors (Lipinski definition) is 1. The molecule has 1 heterocycles. The van der Waals surface area contributed by atoms with Crippen molar-refractivity contribution in [3.63, 3.8) is 0 Å². The van der Waals surface area contributed by atoms with Crippen molar-refractivity contribution in [3.8, 4) is 0 Å². The van der Waals surface area contributed by atoms with Crippen LogP contribution < -0.4 is 5.32 Å². The fraction of sp³-hybridized carbons (Fsp3) is 0.786. The van der Waals surface area contributed by atoms with Gasteiger partial charge in [-0.3, -0.25) is 4.68 Å². The minimum atomic E-state index is 0.473. The summed E-state index contributed by atoms with van der Waals surface area (Å²) >= 11 is 0. The molecule has 1 N–H and O–H groups in total. The Labute approximate surface area is 105 Å². The topological polar surface area (TPSA) is 29.9 Å². The average molecular weight is 235 g/mol. The monoisotopic (exact) mass is 235 g/mol. The number of nitrogens with zero attached hydrogens (tertiary/aromatic N) is 2. The summed E-state index contributed by atoms with van der Waals surface area (Å²) in [6.07, 6.45) is 2.56. The fourth-order valence-corrected chi connectivity index (χ4v) is 3.25. The smallest absolute Gasteiger partial charge is 0.0827 e. The molecule has 3 heteroatoms. The summed E-state index contributed by atoms with van der Waals surface area (Å²) in [7, 11) is 2.01. The second kappa shape index (κ2) is 4.04. The summed E-state index contributed by atoms with van der Waals surface area (Å²) in [6.45, 7) is 11.3. The average Bonchev–Trinajstić information content (AvgIpc) is 2.58. The summed E-state index contributed by atoms with van der Waals surface area (Å²) in [4.78, 5) is 0.